The van der Waals surface area contributed by atoms with Gasteiger partial charge in [0.15, 0.2) is 0 Å². The molecule has 1 N–H and O–H groups in total. The molecule has 5 heteroatoms. The second-order valence-electron chi connectivity index (χ2n) is 5.18. The molecule has 0 saturated carbocycles. The molecular formula is C14H20O4S. The van der Waals surface area contributed by atoms with Crippen molar-refractivity contribution in [3.8, 4) is 0 Å². The Morgan fingerprint density at radius 2 is 2.00 bits per heavy atom. The van der Waals surface area contributed by atoms with Crippen LogP contribution in [0.2, 0.25) is 0 Å². The third kappa shape index (κ3) is 4.03. The van der Waals surface area contributed by atoms with Crippen molar-refractivity contribution in [1.82, 2.24) is 0 Å². The number of hydrogen-bond donors (Lipinski definition) is 1. The minimum Gasteiger partial charge on any atom is -0.381 e. The Morgan fingerprint density at radius 1 is 1.32 bits per heavy atom. The fourth-order valence-corrected chi connectivity index (χ4v) is 3.28. The van der Waals surface area contributed by atoms with Crippen molar-refractivity contribution < 1.29 is 17.7 Å². The van der Waals surface area contributed by atoms with E-state index in [1.54, 1.807) is 6.07 Å². The van der Waals surface area contributed by atoms with Crippen molar-refractivity contribution >= 4 is 10.1 Å². The molecule has 1 aromatic carbocycles. The molecule has 1 fully saturated rings. The fourth-order valence-electron chi connectivity index (χ4n) is 2.55. The van der Waals surface area contributed by atoms with Crippen LogP contribution in [0.25, 0.3) is 0 Å². The summed E-state index contributed by atoms with van der Waals surface area (Å²) in [6, 6.07) is 5.05. The molecule has 0 unspecified atom stereocenters. The normalized spacial score (nSPS) is 17.6. The lowest BCUT2D eigenvalue weighted by Crippen LogP contribution is -2.16. The van der Waals surface area contributed by atoms with E-state index in [2.05, 4.69) is 0 Å². The van der Waals surface area contributed by atoms with Crippen LogP contribution in [0.3, 0.4) is 0 Å². The molecule has 19 heavy (non-hydrogen) atoms. The Labute approximate surface area is 114 Å². The Hall–Kier alpha value is -0.910. The third-order valence-corrected chi connectivity index (χ3v) is 4.61. The maximum absolute atomic E-state index is 11.4. The molecule has 0 aromatic heterocycles. The zero-order valence-electron chi connectivity index (χ0n) is 11.1. The summed E-state index contributed by atoms with van der Waals surface area (Å²) in [6.07, 6.45) is 3.69. The lowest BCUT2D eigenvalue weighted by molar-refractivity contribution is 0.0640. The quantitative estimate of drug-likeness (QED) is 0.863. The number of hydrogen-bond acceptors (Lipinski definition) is 3. The van der Waals surface area contributed by atoms with E-state index in [0.717, 1.165) is 38.0 Å². The predicted octanol–water partition coefficient (Wildman–Crippen LogP) is 2.60. The van der Waals surface area contributed by atoms with Gasteiger partial charge in [-0.3, -0.25) is 4.55 Å². The number of rotatable bonds is 4. The highest BCUT2D eigenvalue weighted by molar-refractivity contribution is 7.85. The molecule has 1 heterocycles. The molecule has 0 atom stereocenters. The van der Waals surface area contributed by atoms with E-state index >= 15 is 0 Å². The first kappa shape index (κ1) is 14.5. The van der Waals surface area contributed by atoms with Gasteiger partial charge in [-0.05, 0) is 50.2 Å². The molecule has 1 aliphatic heterocycles. The molecular weight excluding hydrogens is 264 g/mol. The van der Waals surface area contributed by atoms with Gasteiger partial charge in [0.05, 0.1) is 4.90 Å². The average molecular weight is 284 g/mol. The van der Waals surface area contributed by atoms with Crippen LogP contribution in [-0.4, -0.2) is 26.2 Å². The maximum atomic E-state index is 11.4. The first-order chi connectivity index (χ1) is 8.97. The Bertz CT molecular complexity index is 530. The standard InChI is InChI=1S/C14H20O4S/c1-11-2-5-14(19(15,16)17)13(10-11)4-3-12-6-8-18-9-7-12/h2,5,10,12H,3-4,6-9H2,1H3,(H,15,16,17). The van der Waals surface area contributed by atoms with Crippen LogP contribution in [0.1, 0.15) is 30.4 Å². The molecule has 2 rings (SSSR count). The van der Waals surface area contributed by atoms with Gasteiger partial charge in [0, 0.05) is 13.2 Å². The number of ether oxygens (including phenoxy) is 1. The molecule has 0 radical (unpaired) electrons. The second kappa shape index (κ2) is 6.03. The lowest BCUT2D eigenvalue weighted by Gasteiger charge is -2.22. The van der Waals surface area contributed by atoms with Crippen LogP contribution >= 0.6 is 0 Å². The molecule has 0 bridgehead atoms. The van der Waals surface area contributed by atoms with E-state index < -0.39 is 10.1 Å². The molecule has 1 aromatic rings. The van der Waals surface area contributed by atoms with Crippen LogP contribution in [0.5, 0.6) is 0 Å². The van der Waals surface area contributed by atoms with Crippen molar-refractivity contribution in [2.75, 3.05) is 13.2 Å². The van der Waals surface area contributed by atoms with E-state index in [9.17, 15) is 13.0 Å². The number of aryl methyl sites for hydroxylation is 2. The zero-order valence-corrected chi connectivity index (χ0v) is 11.9. The molecule has 0 aliphatic carbocycles. The van der Waals surface area contributed by atoms with Gasteiger partial charge in [0.25, 0.3) is 10.1 Å². The summed E-state index contributed by atoms with van der Waals surface area (Å²) in [7, 11) is -4.13. The lowest BCUT2D eigenvalue weighted by atomic mass is 9.92. The number of benzene rings is 1. The van der Waals surface area contributed by atoms with Gasteiger partial charge in [-0.1, -0.05) is 17.7 Å². The van der Waals surface area contributed by atoms with Gasteiger partial charge in [-0.15, -0.1) is 0 Å². The monoisotopic (exact) mass is 284 g/mol. The van der Waals surface area contributed by atoms with Gasteiger partial charge in [0.2, 0.25) is 0 Å². The van der Waals surface area contributed by atoms with E-state index in [1.807, 2.05) is 13.0 Å². The molecule has 0 spiro atoms. The Morgan fingerprint density at radius 3 is 2.63 bits per heavy atom. The van der Waals surface area contributed by atoms with Crippen molar-refractivity contribution in [3.05, 3.63) is 29.3 Å². The van der Waals surface area contributed by atoms with Crippen LogP contribution in [-0.2, 0) is 21.3 Å². The summed E-state index contributed by atoms with van der Waals surface area (Å²) in [5.74, 6) is 0.587. The van der Waals surface area contributed by atoms with Crippen molar-refractivity contribution in [3.63, 3.8) is 0 Å². The first-order valence-corrected chi connectivity index (χ1v) is 8.05. The second-order valence-corrected chi connectivity index (χ2v) is 6.57. The van der Waals surface area contributed by atoms with Crippen LogP contribution in [0, 0.1) is 12.8 Å². The topological polar surface area (TPSA) is 63.6 Å². The van der Waals surface area contributed by atoms with Crippen molar-refractivity contribution in [2.45, 2.75) is 37.5 Å². The van der Waals surface area contributed by atoms with Crippen LogP contribution < -0.4 is 0 Å². The summed E-state index contributed by atoms with van der Waals surface area (Å²) in [4.78, 5) is 0.0464. The van der Waals surface area contributed by atoms with E-state index in [-0.39, 0.29) is 4.90 Å². The van der Waals surface area contributed by atoms with E-state index in [4.69, 9.17) is 4.74 Å². The average Bonchev–Trinajstić information content (AvgIpc) is 2.36. The van der Waals surface area contributed by atoms with Gasteiger partial charge in [0.1, 0.15) is 0 Å². The molecule has 106 valence electrons. The summed E-state index contributed by atoms with van der Waals surface area (Å²) in [6.45, 7) is 3.51. The van der Waals surface area contributed by atoms with Crippen molar-refractivity contribution in [2.24, 2.45) is 5.92 Å². The highest BCUT2D eigenvalue weighted by Crippen LogP contribution is 2.24. The summed E-state index contributed by atoms with van der Waals surface area (Å²) in [5.41, 5.74) is 1.73. The van der Waals surface area contributed by atoms with Crippen LogP contribution in [0.15, 0.2) is 23.1 Å². The zero-order chi connectivity index (χ0) is 13.9. The summed E-state index contributed by atoms with van der Waals surface area (Å²) >= 11 is 0. The highest BCUT2D eigenvalue weighted by atomic mass is 32.2. The largest absolute Gasteiger partial charge is 0.381 e. The van der Waals surface area contributed by atoms with E-state index in [1.165, 1.54) is 6.07 Å². The fraction of sp³-hybridized carbons (Fsp3) is 0.571. The minimum atomic E-state index is -4.13. The molecule has 4 nitrogen and oxygen atoms in total. The van der Waals surface area contributed by atoms with Gasteiger partial charge in [-0.25, -0.2) is 0 Å². The van der Waals surface area contributed by atoms with Gasteiger partial charge < -0.3 is 4.74 Å². The van der Waals surface area contributed by atoms with Gasteiger partial charge in [-0.2, -0.15) is 8.42 Å². The minimum absolute atomic E-state index is 0.0464. The van der Waals surface area contributed by atoms with E-state index in [0.29, 0.717) is 17.9 Å². The van der Waals surface area contributed by atoms with Crippen molar-refractivity contribution in [1.29, 1.82) is 0 Å². The predicted molar refractivity (Wildman–Crippen MR) is 72.9 cm³/mol. The summed E-state index contributed by atoms with van der Waals surface area (Å²) in [5, 5.41) is 0. The maximum Gasteiger partial charge on any atom is 0.294 e. The molecule has 1 aliphatic rings. The Kier molecular flexibility index (Phi) is 4.60. The SMILES string of the molecule is Cc1ccc(S(=O)(=O)O)c(CCC2CCOCC2)c1. The third-order valence-electron chi connectivity index (χ3n) is 3.66. The van der Waals surface area contributed by atoms with Gasteiger partial charge >= 0.3 is 0 Å². The molecule has 0 amide bonds. The summed E-state index contributed by atoms with van der Waals surface area (Å²) < 4.78 is 37.3. The Balaban J connectivity index is 2.12. The highest BCUT2D eigenvalue weighted by Gasteiger charge is 2.18. The van der Waals surface area contributed by atoms with Crippen LogP contribution in [0.4, 0.5) is 0 Å². The molecule has 1 saturated heterocycles. The smallest absolute Gasteiger partial charge is 0.294 e. The first-order valence-electron chi connectivity index (χ1n) is 6.61.